The molecule has 0 saturated heterocycles. The summed E-state index contributed by atoms with van der Waals surface area (Å²) in [4.78, 5) is 18.5. The van der Waals surface area contributed by atoms with Crippen LogP contribution in [-0.2, 0) is 11.3 Å². The third-order valence-electron chi connectivity index (χ3n) is 3.55. The maximum Gasteiger partial charge on any atom is 0.415 e. The van der Waals surface area contributed by atoms with E-state index in [1.807, 2.05) is 67.6 Å². The van der Waals surface area contributed by atoms with Crippen molar-refractivity contribution in [1.82, 2.24) is 4.98 Å². The van der Waals surface area contributed by atoms with Crippen LogP contribution < -0.4 is 4.90 Å². The maximum atomic E-state index is 12.4. The van der Waals surface area contributed by atoms with Crippen LogP contribution in [0.15, 0.2) is 60.7 Å². The Morgan fingerprint density at radius 3 is 2.38 bits per heavy atom. The molecule has 2 aromatic carbocycles. The zero-order chi connectivity index (χ0) is 16.9. The lowest BCUT2D eigenvalue weighted by molar-refractivity contribution is 0.148. The number of hydrogen-bond donors (Lipinski definition) is 0. The van der Waals surface area contributed by atoms with E-state index in [1.165, 1.54) is 16.2 Å². The van der Waals surface area contributed by atoms with Gasteiger partial charge in [0.15, 0.2) is 0 Å². The lowest BCUT2D eigenvalue weighted by Gasteiger charge is -2.16. The largest absolute Gasteiger partial charge is 0.444 e. The Labute approximate surface area is 145 Å². The van der Waals surface area contributed by atoms with Gasteiger partial charge in [0.1, 0.15) is 17.3 Å². The molecule has 0 radical (unpaired) electrons. The van der Waals surface area contributed by atoms with Gasteiger partial charge in [-0.1, -0.05) is 60.7 Å². The monoisotopic (exact) mass is 338 g/mol. The van der Waals surface area contributed by atoms with E-state index in [2.05, 4.69) is 4.98 Å². The Balaban J connectivity index is 1.77. The van der Waals surface area contributed by atoms with E-state index < -0.39 is 0 Å². The molecule has 0 aliphatic heterocycles. The summed E-state index contributed by atoms with van der Waals surface area (Å²) in [6.45, 7) is 2.19. The Hall–Kier alpha value is -2.66. The van der Waals surface area contributed by atoms with Crippen LogP contribution in [0.1, 0.15) is 10.6 Å². The summed E-state index contributed by atoms with van der Waals surface area (Å²) >= 11 is 1.48. The highest BCUT2D eigenvalue weighted by Gasteiger charge is 2.20. The van der Waals surface area contributed by atoms with Crippen LogP contribution >= 0.6 is 11.3 Å². The van der Waals surface area contributed by atoms with Crippen molar-refractivity contribution < 1.29 is 9.53 Å². The van der Waals surface area contributed by atoms with Crippen molar-refractivity contribution in [1.29, 1.82) is 0 Å². The number of anilines is 1. The Kier molecular flexibility index (Phi) is 4.91. The maximum absolute atomic E-state index is 12.4. The first kappa shape index (κ1) is 16.2. The molecular weight excluding hydrogens is 320 g/mol. The molecule has 0 aliphatic carbocycles. The van der Waals surface area contributed by atoms with Gasteiger partial charge in [-0.25, -0.2) is 9.78 Å². The van der Waals surface area contributed by atoms with Gasteiger partial charge in [-0.2, -0.15) is 0 Å². The fourth-order valence-electron chi connectivity index (χ4n) is 2.33. The summed E-state index contributed by atoms with van der Waals surface area (Å²) in [5.74, 6) is 0. The van der Waals surface area contributed by atoms with Gasteiger partial charge < -0.3 is 4.74 Å². The summed E-state index contributed by atoms with van der Waals surface area (Å²) in [5, 5.41) is 1.70. The summed E-state index contributed by atoms with van der Waals surface area (Å²) in [7, 11) is 1.72. The fourth-order valence-corrected chi connectivity index (χ4v) is 3.22. The highest BCUT2D eigenvalue weighted by Crippen LogP contribution is 2.35. The minimum atomic E-state index is -0.389. The van der Waals surface area contributed by atoms with Crippen molar-refractivity contribution in [3.63, 3.8) is 0 Å². The number of ether oxygens (including phenoxy) is 1. The van der Waals surface area contributed by atoms with Crippen LogP contribution in [0.4, 0.5) is 9.80 Å². The molecule has 1 amide bonds. The highest BCUT2D eigenvalue weighted by molar-refractivity contribution is 7.16. The summed E-state index contributed by atoms with van der Waals surface area (Å²) in [6.07, 6.45) is -0.389. The van der Waals surface area contributed by atoms with Gasteiger partial charge in [-0.05, 0) is 12.5 Å². The van der Waals surface area contributed by atoms with Crippen molar-refractivity contribution in [3.05, 3.63) is 71.2 Å². The number of amides is 1. The zero-order valence-electron chi connectivity index (χ0n) is 13.6. The van der Waals surface area contributed by atoms with Gasteiger partial charge in [-0.3, -0.25) is 4.90 Å². The number of aryl methyl sites for hydroxylation is 1. The van der Waals surface area contributed by atoms with E-state index in [0.717, 1.165) is 26.8 Å². The molecule has 0 atom stereocenters. The summed E-state index contributed by atoms with van der Waals surface area (Å²) in [6, 6.07) is 19.5. The highest BCUT2D eigenvalue weighted by atomic mass is 32.1. The molecule has 4 nitrogen and oxygen atoms in total. The fraction of sp³-hybridized carbons (Fsp3) is 0.158. The third kappa shape index (κ3) is 3.63. The number of carbonyl (C=O) groups is 1. The van der Waals surface area contributed by atoms with E-state index in [-0.39, 0.29) is 12.7 Å². The molecule has 3 rings (SSSR count). The molecule has 0 fully saturated rings. The van der Waals surface area contributed by atoms with Crippen LogP contribution in [0, 0.1) is 6.92 Å². The molecule has 1 heterocycles. The first-order valence-corrected chi connectivity index (χ1v) is 8.44. The van der Waals surface area contributed by atoms with Gasteiger partial charge >= 0.3 is 6.09 Å². The smallest absolute Gasteiger partial charge is 0.415 e. The van der Waals surface area contributed by atoms with Gasteiger partial charge in [0.2, 0.25) is 0 Å². The van der Waals surface area contributed by atoms with Crippen molar-refractivity contribution in [2.24, 2.45) is 0 Å². The number of rotatable bonds is 4. The first-order chi connectivity index (χ1) is 11.6. The molecular formula is C19H18N2O2S. The van der Waals surface area contributed by atoms with Crippen molar-refractivity contribution in [3.8, 4) is 11.3 Å². The number of thiazole rings is 1. The second kappa shape index (κ2) is 7.27. The molecule has 1 aromatic heterocycles. The van der Waals surface area contributed by atoms with Crippen molar-refractivity contribution >= 4 is 22.4 Å². The first-order valence-electron chi connectivity index (χ1n) is 7.62. The Bertz CT molecular complexity index is 816. The van der Waals surface area contributed by atoms with Crippen LogP contribution in [0.25, 0.3) is 11.3 Å². The quantitative estimate of drug-likeness (QED) is 0.680. The SMILES string of the molecule is Cc1nc(-c2ccccc2)c(N(C)C(=O)OCc2ccccc2)s1. The summed E-state index contributed by atoms with van der Waals surface area (Å²) in [5.41, 5.74) is 2.75. The number of hydrogen-bond acceptors (Lipinski definition) is 4. The van der Waals surface area contributed by atoms with E-state index in [4.69, 9.17) is 4.74 Å². The predicted octanol–water partition coefficient (Wildman–Crippen LogP) is 4.89. The lowest BCUT2D eigenvalue weighted by Crippen LogP contribution is -2.26. The zero-order valence-corrected chi connectivity index (χ0v) is 14.4. The number of aromatic nitrogens is 1. The average molecular weight is 338 g/mol. The molecule has 122 valence electrons. The molecule has 0 N–H and O–H groups in total. The lowest BCUT2D eigenvalue weighted by atomic mass is 10.1. The molecule has 5 heteroatoms. The second-order valence-electron chi connectivity index (χ2n) is 5.35. The molecule has 3 aromatic rings. The second-order valence-corrected chi connectivity index (χ2v) is 6.53. The van der Waals surface area contributed by atoms with E-state index >= 15 is 0 Å². The van der Waals surface area contributed by atoms with Crippen LogP contribution in [0.3, 0.4) is 0 Å². The average Bonchev–Trinajstić information content (AvgIpc) is 3.02. The van der Waals surface area contributed by atoms with Crippen molar-refractivity contribution in [2.75, 3.05) is 11.9 Å². The molecule has 0 bridgehead atoms. The van der Waals surface area contributed by atoms with Crippen LogP contribution in [-0.4, -0.2) is 18.1 Å². The molecule has 24 heavy (non-hydrogen) atoms. The number of carbonyl (C=O) groups excluding carboxylic acids is 1. The van der Waals surface area contributed by atoms with Gasteiger partial charge in [0, 0.05) is 12.6 Å². The minimum absolute atomic E-state index is 0.252. The van der Waals surface area contributed by atoms with Crippen LogP contribution in [0.2, 0.25) is 0 Å². The van der Waals surface area contributed by atoms with Crippen molar-refractivity contribution in [2.45, 2.75) is 13.5 Å². The van der Waals surface area contributed by atoms with E-state index in [0.29, 0.717) is 0 Å². The number of benzene rings is 2. The molecule has 0 unspecified atom stereocenters. The predicted molar refractivity (Wildman–Crippen MR) is 97.3 cm³/mol. The number of nitrogens with zero attached hydrogens (tertiary/aromatic N) is 2. The summed E-state index contributed by atoms with van der Waals surface area (Å²) < 4.78 is 5.41. The normalized spacial score (nSPS) is 10.4. The van der Waals surface area contributed by atoms with E-state index in [9.17, 15) is 4.79 Å². The third-order valence-corrected chi connectivity index (χ3v) is 4.59. The minimum Gasteiger partial charge on any atom is -0.444 e. The Morgan fingerprint density at radius 1 is 1.08 bits per heavy atom. The Morgan fingerprint density at radius 2 is 1.71 bits per heavy atom. The van der Waals surface area contributed by atoms with E-state index in [1.54, 1.807) is 7.05 Å². The topological polar surface area (TPSA) is 42.4 Å². The van der Waals surface area contributed by atoms with Crippen LogP contribution in [0.5, 0.6) is 0 Å². The van der Waals surface area contributed by atoms with Gasteiger partial charge in [-0.15, -0.1) is 11.3 Å². The van der Waals surface area contributed by atoms with Gasteiger partial charge in [0.05, 0.1) is 5.01 Å². The standard InChI is InChI=1S/C19H18N2O2S/c1-14-20-17(16-11-7-4-8-12-16)18(24-14)21(2)19(22)23-13-15-9-5-3-6-10-15/h3-12H,13H2,1-2H3. The molecule has 0 saturated carbocycles. The molecule has 0 spiro atoms. The van der Waals surface area contributed by atoms with Gasteiger partial charge in [0.25, 0.3) is 0 Å². The molecule has 0 aliphatic rings.